The number of esters is 2. The lowest BCUT2D eigenvalue weighted by molar-refractivity contribution is -0.199. The average molecular weight is 1230 g/mol. The number of methoxy groups -OCH3 is 4. The smallest absolute Gasteiger partial charge is 0.416 e. The summed E-state index contributed by atoms with van der Waals surface area (Å²) >= 11 is 3.32. The highest BCUT2D eigenvalue weighted by Gasteiger charge is 2.49. The highest BCUT2D eigenvalue weighted by atomic mass is 79.9. The Balaban J connectivity index is 0.000000233. The van der Waals surface area contributed by atoms with Crippen molar-refractivity contribution in [1.82, 2.24) is 9.80 Å². The molecular formula is C60H85BrN4O18. The summed E-state index contributed by atoms with van der Waals surface area (Å²) in [6.45, 7) is 9.89. The van der Waals surface area contributed by atoms with Crippen molar-refractivity contribution in [3.8, 4) is 23.0 Å². The second-order valence-electron chi connectivity index (χ2n) is 20.6. The van der Waals surface area contributed by atoms with E-state index in [2.05, 4.69) is 38.6 Å². The lowest BCUT2D eigenvalue weighted by atomic mass is 10.00. The number of alkyl halides is 1. The number of carbonyl (C=O) groups excluding carboxylic acids is 6. The number of anilines is 2. The van der Waals surface area contributed by atoms with Crippen LogP contribution in [0.1, 0.15) is 149 Å². The van der Waals surface area contributed by atoms with Crippen LogP contribution < -0.4 is 24.0 Å². The van der Waals surface area contributed by atoms with E-state index in [1.807, 2.05) is 0 Å². The molecule has 4 amide bonds. The number of phenolic OH excluding ortho intramolecular Hbond substituents is 1. The average Bonchev–Trinajstić information content (AvgIpc) is 2.33. The Labute approximate surface area is 496 Å². The molecule has 6 heterocycles. The largest absolute Gasteiger partial charge is 0.504 e. The Morgan fingerprint density at radius 2 is 1.07 bits per heavy atom. The number of nitrogens with zero attached hydrogens (tertiary/aromatic N) is 4. The Morgan fingerprint density at radius 3 is 1.52 bits per heavy atom. The predicted octanol–water partition coefficient (Wildman–Crippen LogP) is 10.3. The summed E-state index contributed by atoms with van der Waals surface area (Å²) in [4.78, 5) is 82.8. The number of piperidine rings is 2. The molecule has 8 rings (SSSR count). The first kappa shape index (κ1) is 66.0. The van der Waals surface area contributed by atoms with E-state index in [1.165, 1.54) is 62.5 Å². The van der Waals surface area contributed by atoms with Crippen molar-refractivity contribution in [2.45, 2.75) is 166 Å². The molecule has 2 aromatic rings. The highest BCUT2D eigenvalue weighted by Crippen LogP contribution is 2.44. The van der Waals surface area contributed by atoms with Crippen LogP contribution >= 0.6 is 15.9 Å². The van der Waals surface area contributed by atoms with Crippen molar-refractivity contribution >= 4 is 63.2 Å². The molecule has 0 spiro atoms. The molecule has 83 heavy (non-hydrogen) atoms. The Kier molecular flexibility index (Phi) is 27.5. The van der Waals surface area contributed by atoms with Crippen LogP contribution in [0.4, 0.5) is 21.0 Å². The second-order valence-corrected chi connectivity index (χ2v) is 21.4. The standard InChI is InChI=1S/C30H42N2O9.C23H30N2O7.C7H13BrO2/c1-4-16-40-30(35)32-23-20-25(38-17-10-5-6-13-26(33)37-3)24(36-2)19-21(23)28(34)31-15-9-7-12-22(31)29(32)41-27-14-8-11-18-39-27;1-3-11-31-23(28)25-17-14-18(26)19(29-2)13-15(17)21(27)24-10-6-4-8-16(24)22(25)32-20-9-5-7-12-30-20;1-10-7(9)5-3-2-4-6-8/h4,19-20,22,27,29H,1,5-18H2,2-3H3;3,13-14,16,20,22,26H,1,4-12H2,2H3;2-6H2,1H3/t22-,27?,29?;16-,20?,22?;/m00./s1. The van der Waals surface area contributed by atoms with Gasteiger partial charge in [-0.3, -0.25) is 19.2 Å². The summed E-state index contributed by atoms with van der Waals surface area (Å²) in [7, 11) is 5.72. The number of amides is 4. The maximum absolute atomic E-state index is 14.0. The molecule has 4 unspecified atom stereocenters. The van der Waals surface area contributed by atoms with Crippen LogP contribution in [0, 0.1) is 0 Å². The van der Waals surface area contributed by atoms with Crippen LogP contribution in [0.15, 0.2) is 49.6 Å². The Hall–Kier alpha value is -6.14. The minimum Gasteiger partial charge on any atom is -0.504 e. The van der Waals surface area contributed by atoms with Crippen LogP contribution in [0.3, 0.4) is 0 Å². The number of hydrogen-bond donors (Lipinski definition) is 1. The van der Waals surface area contributed by atoms with Gasteiger partial charge >= 0.3 is 24.1 Å². The quantitative estimate of drug-likeness (QED) is 0.0379. The van der Waals surface area contributed by atoms with Gasteiger partial charge in [-0.15, -0.1) is 0 Å². The van der Waals surface area contributed by atoms with Gasteiger partial charge in [0.15, 0.2) is 48.0 Å². The first-order valence-electron chi connectivity index (χ1n) is 29.1. The van der Waals surface area contributed by atoms with E-state index in [0.717, 1.165) is 82.4 Å². The van der Waals surface area contributed by atoms with Gasteiger partial charge in [0.05, 0.1) is 69.6 Å². The number of ether oxygens (including phenoxy) is 11. The third-order valence-corrected chi connectivity index (χ3v) is 15.6. The van der Waals surface area contributed by atoms with Crippen molar-refractivity contribution in [1.29, 1.82) is 0 Å². The summed E-state index contributed by atoms with van der Waals surface area (Å²) in [5.41, 5.74) is 1.11. The third-order valence-electron chi connectivity index (χ3n) is 15.0. The first-order chi connectivity index (χ1) is 40.3. The molecule has 22 nitrogen and oxygen atoms in total. The van der Waals surface area contributed by atoms with Gasteiger partial charge in [-0.2, -0.15) is 0 Å². The van der Waals surface area contributed by atoms with Crippen molar-refractivity contribution in [2.24, 2.45) is 0 Å². The molecule has 2 aromatic carbocycles. The molecule has 0 radical (unpaired) electrons. The molecular weight excluding hydrogens is 1140 g/mol. The highest BCUT2D eigenvalue weighted by molar-refractivity contribution is 9.09. The minimum atomic E-state index is -0.825. The van der Waals surface area contributed by atoms with Crippen LogP contribution in [0.2, 0.25) is 0 Å². The molecule has 6 atom stereocenters. The fourth-order valence-electron chi connectivity index (χ4n) is 10.8. The van der Waals surface area contributed by atoms with Crippen LogP contribution in [0.5, 0.6) is 23.0 Å². The van der Waals surface area contributed by atoms with Gasteiger partial charge in [-0.1, -0.05) is 47.7 Å². The van der Waals surface area contributed by atoms with Gasteiger partial charge < -0.3 is 67.0 Å². The van der Waals surface area contributed by atoms with Crippen molar-refractivity contribution in [3.63, 3.8) is 0 Å². The molecule has 4 saturated heterocycles. The van der Waals surface area contributed by atoms with Gasteiger partial charge in [0.25, 0.3) is 11.8 Å². The van der Waals surface area contributed by atoms with Crippen molar-refractivity contribution in [3.05, 3.63) is 60.7 Å². The fourth-order valence-corrected chi connectivity index (χ4v) is 11.1. The minimum absolute atomic E-state index is 0.00177. The van der Waals surface area contributed by atoms with Gasteiger partial charge in [0, 0.05) is 56.6 Å². The summed E-state index contributed by atoms with van der Waals surface area (Å²) in [5, 5.41) is 11.5. The number of phenols is 1. The van der Waals surface area contributed by atoms with E-state index in [4.69, 9.17) is 42.6 Å². The van der Waals surface area contributed by atoms with Crippen LogP contribution in [-0.2, 0) is 47.5 Å². The number of carbonyl (C=O) groups is 6. The molecule has 0 aromatic heterocycles. The molecule has 6 aliphatic heterocycles. The number of halogens is 1. The zero-order chi connectivity index (χ0) is 59.7. The third kappa shape index (κ3) is 18.2. The molecule has 6 aliphatic rings. The maximum Gasteiger partial charge on any atom is 0.416 e. The Morgan fingerprint density at radius 1 is 0.602 bits per heavy atom. The number of fused-ring (bicyclic) bond motifs is 4. The number of hydrogen-bond acceptors (Lipinski definition) is 18. The SMILES string of the molecule is C=CCOC(=O)N1c2cc(O)c(OC)cc2C(=O)N2CCCC[C@H]2C1OC1CCCCO1.C=CCOC(=O)N1c2cc(OCCCCCC(=O)OC)c(OC)cc2C(=O)N2CCCC[C@H]2C1OC1CCCCO1.COC(=O)CCCCCBr. The monoisotopic (exact) mass is 1230 g/mol. The molecule has 1 N–H and O–H groups in total. The summed E-state index contributed by atoms with van der Waals surface area (Å²) in [5.74, 6) is -0.0358. The second kappa shape index (κ2) is 34.6. The van der Waals surface area contributed by atoms with E-state index in [-0.39, 0.29) is 71.8 Å². The van der Waals surface area contributed by atoms with Crippen LogP contribution in [0.25, 0.3) is 0 Å². The molecule has 4 fully saturated rings. The number of rotatable bonds is 22. The molecule has 0 saturated carbocycles. The van der Waals surface area contributed by atoms with E-state index >= 15 is 0 Å². The van der Waals surface area contributed by atoms with E-state index in [0.29, 0.717) is 107 Å². The van der Waals surface area contributed by atoms with Crippen molar-refractivity contribution < 1.29 is 86.0 Å². The van der Waals surface area contributed by atoms with E-state index in [1.54, 1.807) is 21.9 Å². The lowest BCUT2D eigenvalue weighted by Crippen LogP contribution is -2.57. The van der Waals surface area contributed by atoms with Gasteiger partial charge in [0.1, 0.15) is 13.2 Å². The van der Waals surface area contributed by atoms with E-state index < -0.39 is 37.2 Å². The molecule has 23 heteroatoms. The van der Waals surface area contributed by atoms with Crippen LogP contribution in [-0.4, -0.2) is 168 Å². The van der Waals surface area contributed by atoms with E-state index in [9.17, 15) is 33.9 Å². The van der Waals surface area contributed by atoms with Crippen molar-refractivity contribution in [2.75, 3.05) is 89.7 Å². The molecule has 0 bridgehead atoms. The normalized spacial score (nSPS) is 21.9. The predicted molar refractivity (Wildman–Crippen MR) is 310 cm³/mol. The topological polar surface area (TPSA) is 237 Å². The van der Waals surface area contributed by atoms with Gasteiger partial charge in [-0.05, 0) is 121 Å². The van der Waals surface area contributed by atoms with Gasteiger partial charge in [0.2, 0.25) is 0 Å². The zero-order valence-corrected chi connectivity index (χ0v) is 50.3. The number of unbranched alkanes of at least 4 members (excludes halogenated alkanes) is 4. The summed E-state index contributed by atoms with van der Waals surface area (Å²) < 4.78 is 61.6. The number of aromatic hydroxyl groups is 1. The summed E-state index contributed by atoms with van der Waals surface area (Å²) in [6, 6.07) is 5.35. The molecule has 0 aliphatic carbocycles. The lowest BCUT2D eigenvalue weighted by Gasteiger charge is -2.42. The Bertz CT molecular complexity index is 2470. The zero-order valence-electron chi connectivity index (χ0n) is 48.7. The molecule has 460 valence electrons. The fraction of sp³-hybridized carbons (Fsp3) is 0.633. The maximum atomic E-state index is 14.0. The number of benzene rings is 2. The van der Waals surface area contributed by atoms with Gasteiger partial charge in [-0.25, -0.2) is 19.4 Å². The summed E-state index contributed by atoms with van der Waals surface area (Å²) in [6.07, 6.45) is 15.4. The first-order valence-corrected chi connectivity index (χ1v) is 30.2.